The molecule has 2 amide bonds. The predicted molar refractivity (Wildman–Crippen MR) is 156 cm³/mol. The number of ether oxygens (including phenoxy) is 1. The van der Waals surface area contributed by atoms with Crippen molar-refractivity contribution in [3.63, 3.8) is 0 Å². The number of hydrogen-bond acceptors (Lipinski definition) is 6. The summed E-state index contributed by atoms with van der Waals surface area (Å²) in [6, 6.07) is 10.3. The van der Waals surface area contributed by atoms with Crippen LogP contribution in [0.25, 0.3) is 22.5 Å². The number of H-pyrrole nitrogens is 1. The van der Waals surface area contributed by atoms with Crippen molar-refractivity contribution in [1.82, 2.24) is 35.3 Å². The van der Waals surface area contributed by atoms with E-state index in [2.05, 4.69) is 25.7 Å². The van der Waals surface area contributed by atoms with Crippen molar-refractivity contribution in [3.8, 4) is 22.5 Å². The number of nitrogens with one attached hydrogen (secondary N) is 4. The number of benzene rings is 2. The van der Waals surface area contributed by atoms with Crippen molar-refractivity contribution < 1.29 is 23.1 Å². The van der Waals surface area contributed by atoms with Gasteiger partial charge in [0.15, 0.2) is 5.96 Å². The first-order valence-electron chi connectivity index (χ1n) is 13.1. The van der Waals surface area contributed by atoms with Gasteiger partial charge < -0.3 is 20.4 Å². The van der Waals surface area contributed by atoms with Crippen LogP contribution in [0.3, 0.4) is 0 Å². The van der Waals surface area contributed by atoms with Crippen molar-refractivity contribution in [2.45, 2.75) is 31.5 Å². The molecule has 2 aromatic carbocycles. The second-order valence-corrected chi connectivity index (χ2v) is 10.5. The summed E-state index contributed by atoms with van der Waals surface area (Å²) in [5.41, 5.74) is 2.18. The lowest BCUT2D eigenvalue weighted by atomic mass is 10.0. The van der Waals surface area contributed by atoms with E-state index in [9.17, 15) is 18.4 Å². The van der Waals surface area contributed by atoms with Gasteiger partial charge in [0.1, 0.15) is 17.6 Å². The van der Waals surface area contributed by atoms with Gasteiger partial charge in [-0.1, -0.05) is 41.4 Å². The number of aromatic nitrogens is 4. The third-order valence-corrected chi connectivity index (χ3v) is 7.25. The number of carbonyl (C=O) groups excluding carboxylic acids is 2. The van der Waals surface area contributed by atoms with Gasteiger partial charge in [-0.3, -0.25) is 15.1 Å². The van der Waals surface area contributed by atoms with Crippen LogP contribution in [0.15, 0.2) is 61.1 Å². The molecule has 5 rings (SSSR count). The van der Waals surface area contributed by atoms with Gasteiger partial charge in [-0.25, -0.2) is 14.5 Å². The summed E-state index contributed by atoms with van der Waals surface area (Å²) in [5, 5.41) is 18.3. The fourth-order valence-electron chi connectivity index (χ4n) is 4.34. The normalized spacial score (nSPS) is 13.4. The Kier molecular flexibility index (Phi) is 8.92. The Morgan fingerprint density at radius 3 is 2.53 bits per heavy atom. The Balaban J connectivity index is 1.49. The zero-order valence-corrected chi connectivity index (χ0v) is 24.2. The van der Waals surface area contributed by atoms with Gasteiger partial charge in [0.2, 0.25) is 0 Å². The maximum Gasteiger partial charge on any atom is 0.407 e. The summed E-state index contributed by atoms with van der Waals surface area (Å²) < 4.78 is 32.0. The Hall–Kier alpha value is -4.49. The minimum absolute atomic E-state index is 0.0523. The number of hydrogen-bond donors (Lipinski definition) is 4. The summed E-state index contributed by atoms with van der Waals surface area (Å²) in [6.07, 6.45) is 5.08. The lowest BCUT2D eigenvalue weighted by Crippen LogP contribution is -2.47. The van der Waals surface area contributed by atoms with E-state index in [0.29, 0.717) is 37.8 Å². The first kappa shape index (κ1) is 30.0. The molecule has 0 radical (unpaired) electrons. The maximum atomic E-state index is 14.0. The van der Waals surface area contributed by atoms with E-state index in [-0.39, 0.29) is 29.3 Å². The standard InChI is InChI=1S/C28H26Cl2F2N8O3/c1-34-27(33)40(25(41)16-4-2-15(3-5-16)18-11-36-39(13-18)26(31)32)22(14-43-28(42)37-19-7-8-19)17-6-9-21(29)20(10-17)24-35-12-23(30)38-24/h2-6,9-13,19,22,26H,7-8,14H2,1H3,(H2,33,34)(H,35,38)(H,37,42). The van der Waals surface area contributed by atoms with Crippen LogP contribution in [0, 0.1) is 5.41 Å². The van der Waals surface area contributed by atoms with Gasteiger partial charge in [0.05, 0.1) is 17.3 Å². The summed E-state index contributed by atoms with van der Waals surface area (Å²) >= 11 is 12.5. The van der Waals surface area contributed by atoms with Gasteiger partial charge in [-0.2, -0.15) is 13.9 Å². The van der Waals surface area contributed by atoms with Gasteiger partial charge in [0, 0.05) is 42.2 Å². The van der Waals surface area contributed by atoms with Crippen molar-refractivity contribution in [2.75, 3.05) is 13.7 Å². The van der Waals surface area contributed by atoms with Crippen molar-refractivity contribution >= 4 is 41.2 Å². The van der Waals surface area contributed by atoms with E-state index in [0.717, 1.165) is 17.7 Å². The molecule has 1 aliphatic rings. The molecule has 1 saturated carbocycles. The number of rotatable bonds is 9. The molecule has 1 atom stereocenters. The summed E-state index contributed by atoms with van der Waals surface area (Å²) in [5.74, 6) is -0.459. The molecule has 1 unspecified atom stereocenters. The molecule has 224 valence electrons. The smallest absolute Gasteiger partial charge is 0.407 e. The Bertz CT molecular complexity index is 1640. The molecule has 1 aliphatic carbocycles. The number of carbonyl (C=O) groups is 2. The zero-order chi connectivity index (χ0) is 30.7. The van der Waals surface area contributed by atoms with Gasteiger partial charge in [-0.05, 0) is 48.2 Å². The van der Waals surface area contributed by atoms with Crippen LogP contribution < -0.4 is 10.6 Å². The van der Waals surface area contributed by atoms with Gasteiger partial charge >= 0.3 is 12.6 Å². The second kappa shape index (κ2) is 12.8. The molecule has 11 nitrogen and oxygen atoms in total. The van der Waals surface area contributed by atoms with Crippen LogP contribution in [0.2, 0.25) is 10.2 Å². The monoisotopic (exact) mass is 630 g/mol. The molecule has 43 heavy (non-hydrogen) atoms. The lowest BCUT2D eigenvalue weighted by Gasteiger charge is -2.32. The Morgan fingerprint density at radius 1 is 1.19 bits per heavy atom. The zero-order valence-electron chi connectivity index (χ0n) is 22.7. The molecule has 0 aliphatic heterocycles. The lowest BCUT2D eigenvalue weighted by molar-refractivity contribution is 0.0566. The predicted octanol–water partition coefficient (Wildman–Crippen LogP) is 5.87. The van der Waals surface area contributed by atoms with Crippen LogP contribution >= 0.6 is 23.2 Å². The molecule has 2 aromatic heterocycles. The van der Waals surface area contributed by atoms with Crippen molar-refractivity contribution in [3.05, 3.63) is 82.4 Å². The number of alkyl carbamates (subject to hydrolysis) is 1. The molecule has 0 saturated heterocycles. The number of alkyl halides is 2. The number of amides is 2. The van der Waals surface area contributed by atoms with E-state index in [1.807, 2.05) is 0 Å². The number of guanidine groups is 1. The molecule has 4 aromatic rings. The van der Waals surface area contributed by atoms with E-state index in [1.165, 1.54) is 37.8 Å². The molecule has 4 N–H and O–H groups in total. The fraction of sp³-hybridized carbons (Fsp3) is 0.250. The van der Waals surface area contributed by atoms with Crippen LogP contribution in [0.5, 0.6) is 0 Å². The van der Waals surface area contributed by atoms with Gasteiger partial charge in [-0.15, -0.1) is 0 Å². The first-order valence-corrected chi connectivity index (χ1v) is 13.9. The van der Waals surface area contributed by atoms with E-state index in [1.54, 1.807) is 30.3 Å². The minimum Gasteiger partial charge on any atom is -0.447 e. The first-order chi connectivity index (χ1) is 20.6. The van der Waals surface area contributed by atoms with E-state index in [4.69, 9.17) is 33.3 Å². The average Bonchev–Trinajstić information content (AvgIpc) is 3.47. The maximum absolute atomic E-state index is 14.0. The summed E-state index contributed by atoms with van der Waals surface area (Å²) in [4.78, 5) is 34.8. The largest absolute Gasteiger partial charge is 0.447 e. The number of halogens is 4. The van der Waals surface area contributed by atoms with Crippen molar-refractivity contribution in [1.29, 1.82) is 5.41 Å². The fourth-order valence-corrected chi connectivity index (χ4v) is 4.68. The molecular weight excluding hydrogens is 605 g/mol. The quantitative estimate of drug-likeness (QED) is 0.135. The summed E-state index contributed by atoms with van der Waals surface area (Å²) in [7, 11) is 1.49. The van der Waals surface area contributed by atoms with Gasteiger partial charge in [0.25, 0.3) is 5.91 Å². The number of imidazole rings is 1. The number of aromatic amines is 1. The number of nitrogens with zero attached hydrogens (tertiary/aromatic N) is 4. The molecule has 2 heterocycles. The van der Waals surface area contributed by atoms with Crippen molar-refractivity contribution in [2.24, 2.45) is 0 Å². The molecule has 1 fully saturated rings. The molecular formula is C28H26Cl2F2N8O3. The highest BCUT2D eigenvalue weighted by atomic mass is 35.5. The topological polar surface area (TPSA) is 141 Å². The molecule has 0 spiro atoms. The van der Waals surface area contributed by atoms with Crippen LogP contribution in [-0.2, 0) is 4.74 Å². The van der Waals surface area contributed by atoms with Crippen LogP contribution in [-0.4, -0.2) is 62.3 Å². The highest BCUT2D eigenvalue weighted by molar-refractivity contribution is 6.33. The second-order valence-electron chi connectivity index (χ2n) is 9.68. The highest BCUT2D eigenvalue weighted by Crippen LogP contribution is 2.33. The SMILES string of the molecule is CNC(=N)N(C(=O)c1ccc(-c2cnn(C(F)F)c2)cc1)C(COC(=O)NC1CC1)c1ccc(Cl)c(-c2nc(Cl)c[nH]2)c1. The van der Waals surface area contributed by atoms with Crippen LogP contribution in [0.4, 0.5) is 13.6 Å². The van der Waals surface area contributed by atoms with E-state index < -0.39 is 24.6 Å². The van der Waals surface area contributed by atoms with Crippen LogP contribution in [0.1, 0.15) is 41.4 Å². The molecule has 0 bridgehead atoms. The molecule has 15 heteroatoms. The van der Waals surface area contributed by atoms with E-state index >= 15 is 0 Å². The Labute approximate surface area is 254 Å². The third-order valence-electron chi connectivity index (χ3n) is 6.72. The Morgan fingerprint density at radius 2 is 1.93 bits per heavy atom. The summed E-state index contributed by atoms with van der Waals surface area (Å²) in [6.45, 7) is -3.07. The average molecular weight is 631 g/mol. The third kappa shape index (κ3) is 6.95. The highest BCUT2D eigenvalue weighted by Gasteiger charge is 2.32. The minimum atomic E-state index is -2.78.